The number of carbonyl (C=O) groups excluding carboxylic acids is 3. The second-order valence-electron chi connectivity index (χ2n) is 8.46. The maximum absolute atomic E-state index is 12.5. The summed E-state index contributed by atoms with van der Waals surface area (Å²) in [6.45, 7) is 11.7. The number of aromatic nitrogens is 1. The standard InChI is InChI=1S/C20H30N4O4/c1-12-7-8-14(3)24(11-12)18(26)17(25)22-15-9-13(2)16(21-10-15)23-19(27)28-20(4,5)6/h9-10,12,14H,7-8,11H2,1-6H3,(H,22,25)(H,21,23,27)/t12-,14-/m1/s1. The summed E-state index contributed by atoms with van der Waals surface area (Å²) in [6, 6.07) is 1.70. The summed E-state index contributed by atoms with van der Waals surface area (Å²) in [5, 5.41) is 5.17. The van der Waals surface area contributed by atoms with Crippen LogP contribution in [0.2, 0.25) is 0 Å². The summed E-state index contributed by atoms with van der Waals surface area (Å²) in [5.41, 5.74) is 0.411. The van der Waals surface area contributed by atoms with Crippen molar-refractivity contribution in [2.24, 2.45) is 5.92 Å². The molecule has 2 atom stereocenters. The summed E-state index contributed by atoms with van der Waals surface area (Å²) in [6.07, 6.45) is 2.74. The highest BCUT2D eigenvalue weighted by Crippen LogP contribution is 2.22. The number of hydrogen-bond acceptors (Lipinski definition) is 5. The molecule has 3 amide bonds. The second-order valence-corrected chi connectivity index (χ2v) is 8.46. The molecule has 1 aromatic rings. The molecule has 1 aromatic heterocycles. The maximum Gasteiger partial charge on any atom is 0.413 e. The monoisotopic (exact) mass is 390 g/mol. The number of pyridine rings is 1. The third-order valence-electron chi connectivity index (χ3n) is 4.53. The number of aryl methyl sites for hydroxylation is 1. The van der Waals surface area contributed by atoms with Gasteiger partial charge < -0.3 is 15.0 Å². The molecule has 28 heavy (non-hydrogen) atoms. The Morgan fingerprint density at radius 3 is 2.46 bits per heavy atom. The Morgan fingerprint density at radius 1 is 1.18 bits per heavy atom. The number of nitrogens with one attached hydrogen (secondary N) is 2. The summed E-state index contributed by atoms with van der Waals surface area (Å²) < 4.78 is 5.20. The minimum Gasteiger partial charge on any atom is -0.444 e. The molecule has 0 radical (unpaired) electrons. The Balaban J connectivity index is 2.00. The van der Waals surface area contributed by atoms with Gasteiger partial charge in [0, 0.05) is 12.6 Å². The van der Waals surface area contributed by atoms with Crippen molar-refractivity contribution >= 4 is 29.4 Å². The Morgan fingerprint density at radius 2 is 1.86 bits per heavy atom. The van der Waals surface area contributed by atoms with Gasteiger partial charge in [0.25, 0.3) is 0 Å². The van der Waals surface area contributed by atoms with Gasteiger partial charge in [-0.1, -0.05) is 6.92 Å². The summed E-state index contributed by atoms with van der Waals surface area (Å²) in [4.78, 5) is 42.5. The molecule has 2 N–H and O–H groups in total. The van der Waals surface area contributed by atoms with Crippen molar-refractivity contribution in [1.82, 2.24) is 9.88 Å². The number of carbonyl (C=O) groups is 3. The molecule has 8 nitrogen and oxygen atoms in total. The van der Waals surface area contributed by atoms with Crippen LogP contribution in [0.5, 0.6) is 0 Å². The van der Waals surface area contributed by atoms with E-state index >= 15 is 0 Å². The van der Waals surface area contributed by atoms with Gasteiger partial charge in [0.2, 0.25) is 0 Å². The van der Waals surface area contributed by atoms with Gasteiger partial charge in [-0.2, -0.15) is 0 Å². The minimum atomic E-state index is -0.685. The smallest absolute Gasteiger partial charge is 0.413 e. The van der Waals surface area contributed by atoms with E-state index in [9.17, 15) is 14.4 Å². The highest BCUT2D eigenvalue weighted by molar-refractivity contribution is 6.39. The third kappa shape index (κ3) is 5.94. The molecule has 0 bridgehead atoms. The lowest BCUT2D eigenvalue weighted by atomic mass is 9.95. The fourth-order valence-electron chi connectivity index (χ4n) is 3.06. The fraction of sp³-hybridized carbons (Fsp3) is 0.600. The summed E-state index contributed by atoms with van der Waals surface area (Å²) in [5.74, 6) is -0.505. The zero-order valence-electron chi connectivity index (χ0n) is 17.5. The molecule has 1 aliphatic rings. The average Bonchev–Trinajstić information content (AvgIpc) is 2.57. The van der Waals surface area contributed by atoms with Crippen molar-refractivity contribution in [3.63, 3.8) is 0 Å². The van der Waals surface area contributed by atoms with Crippen LogP contribution < -0.4 is 10.6 Å². The molecule has 0 aliphatic carbocycles. The van der Waals surface area contributed by atoms with Crippen LogP contribution in [0.15, 0.2) is 12.3 Å². The van der Waals surface area contributed by atoms with Gasteiger partial charge in [0.05, 0.1) is 11.9 Å². The van der Waals surface area contributed by atoms with Crippen molar-refractivity contribution in [3.05, 3.63) is 17.8 Å². The largest absolute Gasteiger partial charge is 0.444 e. The van der Waals surface area contributed by atoms with Crippen molar-refractivity contribution in [3.8, 4) is 0 Å². The van der Waals surface area contributed by atoms with Gasteiger partial charge in [-0.05, 0) is 65.0 Å². The summed E-state index contributed by atoms with van der Waals surface area (Å²) >= 11 is 0. The molecule has 2 heterocycles. The number of amides is 3. The van der Waals surface area contributed by atoms with Gasteiger partial charge in [0.1, 0.15) is 11.4 Å². The Hall–Kier alpha value is -2.64. The lowest BCUT2D eigenvalue weighted by Gasteiger charge is -2.36. The number of anilines is 2. The van der Waals surface area contributed by atoms with E-state index in [1.165, 1.54) is 6.20 Å². The second kappa shape index (κ2) is 8.58. The fourth-order valence-corrected chi connectivity index (χ4v) is 3.06. The Bertz CT molecular complexity index is 757. The van der Waals surface area contributed by atoms with E-state index in [1.54, 1.807) is 38.7 Å². The van der Waals surface area contributed by atoms with E-state index in [4.69, 9.17) is 4.74 Å². The lowest BCUT2D eigenvalue weighted by molar-refractivity contribution is -0.146. The molecule has 0 aromatic carbocycles. The van der Waals surface area contributed by atoms with E-state index in [0.717, 1.165) is 12.8 Å². The van der Waals surface area contributed by atoms with E-state index in [-0.39, 0.29) is 6.04 Å². The number of rotatable bonds is 2. The van der Waals surface area contributed by atoms with Crippen LogP contribution >= 0.6 is 0 Å². The SMILES string of the molecule is Cc1cc(NC(=O)C(=O)N2C[C@H](C)CC[C@H]2C)cnc1NC(=O)OC(C)(C)C. The van der Waals surface area contributed by atoms with Crippen LogP contribution in [-0.4, -0.2) is 46.0 Å². The predicted molar refractivity (Wildman–Crippen MR) is 107 cm³/mol. The molecule has 2 rings (SSSR count). The predicted octanol–water partition coefficient (Wildman–Crippen LogP) is 3.32. The van der Waals surface area contributed by atoms with E-state index in [0.29, 0.717) is 29.5 Å². The molecule has 1 saturated heterocycles. The van der Waals surface area contributed by atoms with Gasteiger partial charge in [-0.15, -0.1) is 0 Å². The van der Waals surface area contributed by atoms with Crippen LogP contribution in [0.25, 0.3) is 0 Å². The number of piperidine rings is 1. The zero-order valence-corrected chi connectivity index (χ0v) is 17.5. The number of nitrogens with zero attached hydrogens (tertiary/aromatic N) is 2. The first kappa shape index (κ1) is 21.7. The quantitative estimate of drug-likeness (QED) is 0.755. The first-order valence-corrected chi connectivity index (χ1v) is 9.55. The highest BCUT2D eigenvalue weighted by Gasteiger charge is 2.31. The van der Waals surface area contributed by atoms with Crippen LogP contribution in [0, 0.1) is 12.8 Å². The maximum atomic E-state index is 12.5. The van der Waals surface area contributed by atoms with Crippen LogP contribution in [-0.2, 0) is 14.3 Å². The molecule has 154 valence electrons. The Labute approximate surface area is 166 Å². The lowest BCUT2D eigenvalue weighted by Crippen LogP contribution is -2.49. The molecule has 0 spiro atoms. The summed E-state index contributed by atoms with van der Waals surface area (Å²) in [7, 11) is 0. The van der Waals surface area contributed by atoms with Gasteiger partial charge >= 0.3 is 17.9 Å². The molecule has 1 aliphatic heterocycles. The van der Waals surface area contributed by atoms with Crippen LogP contribution in [0.3, 0.4) is 0 Å². The van der Waals surface area contributed by atoms with Gasteiger partial charge in [-0.3, -0.25) is 14.9 Å². The van der Waals surface area contributed by atoms with E-state index in [1.807, 2.05) is 6.92 Å². The number of hydrogen-bond donors (Lipinski definition) is 2. The molecule has 1 fully saturated rings. The normalized spacial score (nSPS) is 19.7. The number of ether oxygens (including phenoxy) is 1. The molecular formula is C20H30N4O4. The van der Waals surface area contributed by atoms with Crippen molar-refractivity contribution in [2.45, 2.75) is 66.0 Å². The van der Waals surface area contributed by atoms with E-state index < -0.39 is 23.5 Å². The molecule has 0 saturated carbocycles. The zero-order chi connectivity index (χ0) is 21.1. The third-order valence-corrected chi connectivity index (χ3v) is 4.53. The minimum absolute atomic E-state index is 0.0507. The molecule has 8 heteroatoms. The van der Waals surface area contributed by atoms with Crippen LogP contribution in [0.4, 0.5) is 16.3 Å². The van der Waals surface area contributed by atoms with Crippen molar-refractivity contribution in [2.75, 3.05) is 17.2 Å². The average molecular weight is 390 g/mol. The Kier molecular flexibility index (Phi) is 6.64. The van der Waals surface area contributed by atoms with Crippen LogP contribution in [0.1, 0.15) is 53.0 Å². The van der Waals surface area contributed by atoms with E-state index in [2.05, 4.69) is 22.5 Å². The molecule has 0 unspecified atom stereocenters. The first-order valence-electron chi connectivity index (χ1n) is 9.55. The van der Waals surface area contributed by atoms with Gasteiger partial charge in [0.15, 0.2) is 0 Å². The van der Waals surface area contributed by atoms with Crippen molar-refractivity contribution in [1.29, 1.82) is 0 Å². The van der Waals surface area contributed by atoms with Crippen molar-refractivity contribution < 1.29 is 19.1 Å². The number of likely N-dealkylation sites (tertiary alicyclic amines) is 1. The highest BCUT2D eigenvalue weighted by atomic mass is 16.6. The molecular weight excluding hydrogens is 360 g/mol. The first-order chi connectivity index (χ1) is 13.0. The van der Waals surface area contributed by atoms with Gasteiger partial charge in [-0.25, -0.2) is 9.78 Å². The topological polar surface area (TPSA) is 101 Å².